The van der Waals surface area contributed by atoms with Gasteiger partial charge in [0.25, 0.3) is 0 Å². The number of carbonyl (C=O) groups excluding carboxylic acids is 1. The molecule has 2 aromatic rings. The van der Waals surface area contributed by atoms with Gasteiger partial charge >= 0.3 is 12.1 Å². The second-order valence-corrected chi connectivity index (χ2v) is 7.06. The molecule has 1 aliphatic heterocycles. The molecule has 7 nitrogen and oxygen atoms in total. The van der Waals surface area contributed by atoms with E-state index in [1.165, 1.54) is 0 Å². The van der Waals surface area contributed by atoms with E-state index in [2.05, 4.69) is 9.97 Å². The molecule has 0 radical (unpaired) electrons. The molecule has 0 unspecified atom stereocenters. The Balaban J connectivity index is 1.78. The zero-order chi connectivity index (χ0) is 22.4. The van der Waals surface area contributed by atoms with Gasteiger partial charge in [0, 0.05) is 19.3 Å². The van der Waals surface area contributed by atoms with E-state index in [1.807, 2.05) is 18.2 Å². The van der Waals surface area contributed by atoms with Crippen LogP contribution in [0, 0.1) is 23.2 Å². The van der Waals surface area contributed by atoms with Crippen molar-refractivity contribution < 1.29 is 27.4 Å². The van der Waals surface area contributed by atoms with E-state index in [1.54, 1.807) is 24.0 Å². The van der Waals surface area contributed by atoms with Crippen LogP contribution >= 0.6 is 0 Å². The number of hydrogen-bond donors (Lipinski definition) is 0. The number of hydrogen-bond acceptors (Lipinski definition) is 7. The number of aromatic nitrogens is 2. The predicted octanol–water partition coefficient (Wildman–Crippen LogP) is 3.26. The summed E-state index contributed by atoms with van der Waals surface area (Å²) >= 11 is 0. The maximum atomic E-state index is 13.0. The molecule has 1 fully saturated rings. The van der Waals surface area contributed by atoms with Crippen molar-refractivity contribution in [2.45, 2.75) is 19.5 Å². The zero-order valence-corrected chi connectivity index (χ0v) is 16.8. The molecule has 0 spiro atoms. The number of carbonyl (C=O) groups is 1. The summed E-state index contributed by atoms with van der Waals surface area (Å²) in [6, 6.07) is 9.83. The number of nitrogens with zero attached hydrogens (tertiary/aromatic N) is 4. The Kier molecular flexibility index (Phi) is 6.95. The average molecular weight is 434 g/mol. The highest BCUT2D eigenvalue weighted by Crippen LogP contribution is 2.33. The largest absolute Gasteiger partial charge is 0.479 e. The molecule has 10 heteroatoms. The van der Waals surface area contributed by atoms with E-state index < -0.39 is 23.8 Å². The van der Waals surface area contributed by atoms with Gasteiger partial charge in [-0.05, 0) is 43.0 Å². The Morgan fingerprint density at radius 3 is 2.65 bits per heavy atom. The van der Waals surface area contributed by atoms with E-state index in [4.69, 9.17) is 14.7 Å². The fourth-order valence-electron chi connectivity index (χ4n) is 3.56. The molecule has 1 aromatic carbocycles. The Bertz CT molecular complexity index is 944. The molecule has 31 heavy (non-hydrogen) atoms. The van der Waals surface area contributed by atoms with Gasteiger partial charge in [-0.3, -0.25) is 4.79 Å². The molecule has 3 rings (SSSR count). The quantitative estimate of drug-likeness (QED) is 0.618. The van der Waals surface area contributed by atoms with E-state index in [-0.39, 0.29) is 31.6 Å². The number of nitriles is 1. The lowest BCUT2D eigenvalue weighted by molar-refractivity contribution is -0.148. The van der Waals surface area contributed by atoms with Crippen molar-refractivity contribution in [1.29, 1.82) is 5.26 Å². The van der Waals surface area contributed by atoms with Gasteiger partial charge in [0.1, 0.15) is 17.5 Å². The van der Waals surface area contributed by atoms with Gasteiger partial charge in [-0.15, -0.1) is 0 Å². The van der Waals surface area contributed by atoms with Crippen molar-refractivity contribution in [3.8, 4) is 11.8 Å². The minimum Gasteiger partial charge on any atom is -0.479 e. The third-order valence-electron chi connectivity index (χ3n) is 4.97. The summed E-state index contributed by atoms with van der Waals surface area (Å²) in [4.78, 5) is 21.7. The Morgan fingerprint density at radius 1 is 1.26 bits per heavy atom. The fourth-order valence-corrected chi connectivity index (χ4v) is 3.56. The third kappa shape index (κ3) is 5.63. The lowest BCUT2D eigenvalue weighted by atomic mass is 9.90. The summed E-state index contributed by atoms with van der Waals surface area (Å²) in [6.07, 6.45) is -3.00. The van der Waals surface area contributed by atoms with Crippen molar-refractivity contribution in [2.24, 2.45) is 11.8 Å². The van der Waals surface area contributed by atoms with Crippen LogP contribution < -0.4 is 9.64 Å². The molecule has 1 saturated heterocycles. The molecule has 2 atom stereocenters. The first kappa shape index (κ1) is 22.3. The number of halogens is 3. The Labute approximate surface area is 177 Å². The van der Waals surface area contributed by atoms with Crippen LogP contribution in [0.4, 0.5) is 19.1 Å². The molecule has 0 saturated carbocycles. The van der Waals surface area contributed by atoms with Crippen LogP contribution in [0.25, 0.3) is 0 Å². The van der Waals surface area contributed by atoms with Crippen LogP contribution in [-0.4, -0.2) is 42.2 Å². The van der Waals surface area contributed by atoms with E-state index in [0.717, 1.165) is 17.8 Å². The van der Waals surface area contributed by atoms with Gasteiger partial charge in [-0.1, -0.05) is 12.1 Å². The first-order valence-corrected chi connectivity index (χ1v) is 9.72. The van der Waals surface area contributed by atoms with Crippen LogP contribution in [0.5, 0.6) is 5.75 Å². The first-order chi connectivity index (χ1) is 14.8. The molecule has 164 valence electrons. The lowest BCUT2D eigenvalue weighted by Crippen LogP contribution is -2.27. The van der Waals surface area contributed by atoms with E-state index in [9.17, 15) is 18.0 Å². The highest BCUT2D eigenvalue weighted by molar-refractivity contribution is 5.74. The van der Waals surface area contributed by atoms with Crippen molar-refractivity contribution >= 4 is 11.9 Å². The number of esters is 1. The molecule has 0 amide bonds. The second kappa shape index (κ2) is 9.64. The summed E-state index contributed by atoms with van der Waals surface area (Å²) in [7, 11) is 0. The predicted molar refractivity (Wildman–Crippen MR) is 104 cm³/mol. The van der Waals surface area contributed by atoms with Gasteiger partial charge in [0.2, 0.25) is 5.95 Å². The summed E-state index contributed by atoms with van der Waals surface area (Å²) in [6.45, 7) is 2.35. The number of benzene rings is 1. The third-order valence-corrected chi connectivity index (χ3v) is 4.97. The normalized spacial score (nSPS) is 18.5. The minimum atomic E-state index is -4.58. The molecule has 2 heterocycles. The monoisotopic (exact) mass is 434 g/mol. The summed E-state index contributed by atoms with van der Waals surface area (Å²) < 4.78 is 49.5. The maximum Gasteiger partial charge on any atom is 0.433 e. The van der Waals surface area contributed by atoms with Crippen LogP contribution in [0.1, 0.15) is 18.2 Å². The molecule has 0 N–H and O–H groups in total. The molecule has 0 bridgehead atoms. The van der Waals surface area contributed by atoms with Crippen LogP contribution in [-0.2, 0) is 22.1 Å². The first-order valence-electron chi connectivity index (χ1n) is 9.72. The Morgan fingerprint density at radius 2 is 2.00 bits per heavy atom. The minimum absolute atomic E-state index is 0.0567. The van der Waals surface area contributed by atoms with Gasteiger partial charge in [-0.2, -0.15) is 18.4 Å². The van der Waals surface area contributed by atoms with Gasteiger partial charge in [0.05, 0.1) is 12.5 Å². The average Bonchev–Trinajstić information content (AvgIpc) is 3.17. The van der Waals surface area contributed by atoms with Crippen LogP contribution in [0.15, 0.2) is 36.5 Å². The van der Waals surface area contributed by atoms with E-state index >= 15 is 0 Å². The van der Waals surface area contributed by atoms with Crippen LogP contribution in [0.2, 0.25) is 0 Å². The standard InChI is InChI=1S/C21H21F3N4O3/c1-2-30-19(29)17-13-28(20-26-9-7-18(27-20)21(22,23)24)12-15(17)11-14-3-5-16(6-4-14)31-10-8-25/h3-7,9,15,17H,2,10-13H2,1H3/t15-,17+/m1/s1. The summed E-state index contributed by atoms with van der Waals surface area (Å²) in [5.74, 6) is -0.615. The lowest BCUT2D eigenvalue weighted by Gasteiger charge is -2.17. The highest BCUT2D eigenvalue weighted by atomic mass is 19.4. The number of alkyl halides is 3. The summed E-state index contributed by atoms with van der Waals surface area (Å²) in [5, 5.41) is 8.58. The van der Waals surface area contributed by atoms with Crippen molar-refractivity contribution in [3.63, 3.8) is 0 Å². The molecule has 0 aliphatic carbocycles. The highest BCUT2D eigenvalue weighted by Gasteiger charge is 2.40. The zero-order valence-electron chi connectivity index (χ0n) is 16.8. The van der Waals surface area contributed by atoms with Crippen molar-refractivity contribution in [1.82, 2.24) is 9.97 Å². The number of anilines is 1. The fraction of sp³-hybridized carbons (Fsp3) is 0.429. The second-order valence-electron chi connectivity index (χ2n) is 7.06. The van der Waals surface area contributed by atoms with Gasteiger partial charge in [0.15, 0.2) is 6.61 Å². The topological polar surface area (TPSA) is 88.3 Å². The number of ether oxygens (including phenoxy) is 2. The van der Waals surface area contributed by atoms with Gasteiger partial charge < -0.3 is 14.4 Å². The van der Waals surface area contributed by atoms with Crippen molar-refractivity contribution in [3.05, 3.63) is 47.8 Å². The van der Waals surface area contributed by atoms with Crippen molar-refractivity contribution in [2.75, 3.05) is 31.2 Å². The molecule has 1 aromatic heterocycles. The summed E-state index contributed by atoms with van der Waals surface area (Å²) in [5.41, 5.74) is -0.1000. The molecule has 1 aliphatic rings. The maximum absolute atomic E-state index is 13.0. The van der Waals surface area contributed by atoms with E-state index in [0.29, 0.717) is 18.7 Å². The van der Waals surface area contributed by atoms with Crippen LogP contribution in [0.3, 0.4) is 0 Å². The molecular weight excluding hydrogens is 413 g/mol. The Hall–Kier alpha value is -3.35. The molecular formula is C21H21F3N4O3. The van der Waals surface area contributed by atoms with Gasteiger partial charge in [-0.25, -0.2) is 9.97 Å². The number of rotatable bonds is 7. The SMILES string of the molecule is CCOC(=O)[C@H]1CN(c2nccc(C(F)(F)F)n2)C[C@H]1Cc1ccc(OCC#N)cc1. The smallest absolute Gasteiger partial charge is 0.433 e.